The lowest BCUT2D eigenvalue weighted by Gasteiger charge is -2.21. The summed E-state index contributed by atoms with van der Waals surface area (Å²) in [6.07, 6.45) is 1.58. The van der Waals surface area contributed by atoms with Gasteiger partial charge in [-0.1, -0.05) is 41.7 Å². The Labute approximate surface area is 140 Å². The molecule has 0 N–H and O–H groups in total. The average Bonchev–Trinajstić information content (AvgIpc) is 3.16. The van der Waals surface area contributed by atoms with E-state index >= 15 is 0 Å². The smallest absolute Gasteiger partial charge is 0.313 e. The number of carbonyl (C=O) groups is 1. The molecule has 0 spiro atoms. The van der Waals surface area contributed by atoms with Crippen molar-refractivity contribution in [3.63, 3.8) is 0 Å². The predicted molar refractivity (Wildman–Crippen MR) is 90.7 cm³/mol. The Morgan fingerprint density at radius 2 is 2.13 bits per heavy atom. The lowest BCUT2D eigenvalue weighted by Crippen LogP contribution is -2.33. The van der Waals surface area contributed by atoms with Gasteiger partial charge in [-0.05, 0) is 25.8 Å². The normalized spacial score (nSPS) is 20.7. The summed E-state index contributed by atoms with van der Waals surface area (Å²) in [4.78, 5) is 14.3. The Kier molecular flexibility index (Phi) is 4.61. The van der Waals surface area contributed by atoms with E-state index in [2.05, 4.69) is 27.2 Å². The van der Waals surface area contributed by atoms with Gasteiger partial charge in [-0.3, -0.25) is 4.79 Å². The van der Waals surface area contributed by atoms with Crippen LogP contribution in [0.15, 0.2) is 30.3 Å². The molecule has 0 bridgehead atoms. The summed E-state index contributed by atoms with van der Waals surface area (Å²) in [7, 11) is 0. The molecule has 1 aliphatic heterocycles. The maximum atomic E-state index is 12.1. The van der Waals surface area contributed by atoms with E-state index in [1.807, 2.05) is 32.0 Å². The van der Waals surface area contributed by atoms with Crippen molar-refractivity contribution in [3.05, 3.63) is 40.9 Å². The van der Waals surface area contributed by atoms with Crippen LogP contribution in [0.2, 0.25) is 0 Å². The number of carbonyl (C=O) groups excluding carboxylic acids is 1. The minimum absolute atomic E-state index is 0.114. The quantitative estimate of drug-likeness (QED) is 0.789. The van der Waals surface area contributed by atoms with E-state index in [1.54, 1.807) is 11.3 Å². The van der Waals surface area contributed by atoms with Crippen molar-refractivity contribution < 1.29 is 9.53 Å². The number of nitrogens with zero attached hydrogens (tertiary/aromatic N) is 3. The summed E-state index contributed by atoms with van der Waals surface area (Å²) in [6, 6.07) is 10.3. The van der Waals surface area contributed by atoms with Crippen molar-refractivity contribution in [2.75, 3.05) is 24.6 Å². The fourth-order valence-electron chi connectivity index (χ4n) is 2.81. The van der Waals surface area contributed by atoms with Gasteiger partial charge in [-0.25, -0.2) is 0 Å². The van der Waals surface area contributed by atoms with Gasteiger partial charge in [-0.2, -0.15) is 0 Å². The van der Waals surface area contributed by atoms with Gasteiger partial charge in [0.1, 0.15) is 5.01 Å². The monoisotopic (exact) mass is 331 g/mol. The molecule has 1 aromatic carbocycles. The van der Waals surface area contributed by atoms with Gasteiger partial charge >= 0.3 is 5.97 Å². The average molecular weight is 331 g/mol. The molecule has 6 heteroatoms. The van der Waals surface area contributed by atoms with E-state index < -0.39 is 5.41 Å². The molecule has 0 aliphatic carbocycles. The molecular formula is C17H21N3O2S. The zero-order chi connectivity index (χ0) is 16.3. The number of aromatic nitrogens is 2. The number of hydrogen-bond donors (Lipinski definition) is 0. The second-order valence-corrected chi connectivity index (χ2v) is 7.13. The fraction of sp³-hybridized carbons (Fsp3) is 0.471. The number of hydrogen-bond acceptors (Lipinski definition) is 6. The van der Waals surface area contributed by atoms with E-state index in [0.717, 1.165) is 29.5 Å². The molecule has 3 rings (SSSR count). The molecule has 2 aromatic rings. The maximum Gasteiger partial charge on any atom is 0.313 e. The SMILES string of the molecule is CCOC(=O)C1(C)CCN(c2nnc(Cc3ccccc3)s2)C1. The van der Waals surface area contributed by atoms with E-state index in [-0.39, 0.29) is 5.97 Å². The summed E-state index contributed by atoms with van der Waals surface area (Å²) in [5, 5.41) is 10.5. The highest BCUT2D eigenvalue weighted by Crippen LogP contribution is 2.35. The summed E-state index contributed by atoms with van der Waals surface area (Å²) >= 11 is 1.60. The molecule has 1 fully saturated rings. The van der Waals surface area contributed by atoms with Crippen LogP contribution in [-0.2, 0) is 16.0 Å². The number of anilines is 1. The minimum Gasteiger partial charge on any atom is -0.466 e. The predicted octanol–water partition coefficient (Wildman–Crippen LogP) is 2.91. The van der Waals surface area contributed by atoms with Gasteiger partial charge in [0.2, 0.25) is 5.13 Å². The molecule has 122 valence electrons. The Morgan fingerprint density at radius 3 is 2.87 bits per heavy atom. The number of rotatable bonds is 5. The Balaban J connectivity index is 1.66. The van der Waals surface area contributed by atoms with Crippen molar-refractivity contribution in [2.45, 2.75) is 26.7 Å². The molecule has 1 aromatic heterocycles. The molecule has 5 nitrogen and oxygen atoms in total. The number of ether oxygens (including phenoxy) is 1. The van der Waals surface area contributed by atoms with Crippen LogP contribution in [-0.4, -0.2) is 35.9 Å². The minimum atomic E-state index is -0.443. The highest BCUT2D eigenvalue weighted by molar-refractivity contribution is 7.15. The third-order valence-electron chi connectivity index (χ3n) is 4.17. The van der Waals surface area contributed by atoms with E-state index in [9.17, 15) is 4.79 Å². The summed E-state index contributed by atoms with van der Waals surface area (Å²) < 4.78 is 5.20. The lowest BCUT2D eigenvalue weighted by atomic mass is 9.90. The first-order chi connectivity index (χ1) is 11.1. The topological polar surface area (TPSA) is 55.3 Å². The molecule has 0 saturated carbocycles. The molecule has 0 amide bonds. The van der Waals surface area contributed by atoms with E-state index in [1.165, 1.54) is 5.56 Å². The molecule has 0 radical (unpaired) electrons. The van der Waals surface area contributed by atoms with Crippen molar-refractivity contribution in [1.82, 2.24) is 10.2 Å². The Bertz CT molecular complexity index is 673. The van der Waals surface area contributed by atoms with Crippen LogP contribution in [0.3, 0.4) is 0 Å². The first-order valence-electron chi connectivity index (χ1n) is 7.89. The molecule has 2 heterocycles. The van der Waals surface area contributed by atoms with Gasteiger partial charge in [0.15, 0.2) is 0 Å². The first-order valence-corrected chi connectivity index (χ1v) is 8.71. The summed E-state index contributed by atoms with van der Waals surface area (Å²) in [5.74, 6) is -0.114. The summed E-state index contributed by atoms with van der Waals surface area (Å²) in [5.41, 5.74) is 0.786. The van der Waals surface area contributed by atoms with E-state index in [4.69, 9.17) is 4.74 Å². The largest absolute Gasteiger partial charge is 0.466 e. The molecule has 1 unspecified atom stereocenters. The van der Waals surface area contributed by atoms with E-state index in [0.29, 0.717) is 13.2 Å². The second kappa shape index (κ2) is 6.66. The van der Waals surface area contributed by atoms with Crippen molar-refractivity contribution in [3.8, 4) is 0 Å². The molecule has 23 heavy (non-hydrogen) atoms. The van der Waals surface area contributed by atoms with Crippen molar-refractivity contribution >= 4 is 22.4 Å². The highest BCUT2D eigenvalue weighted by atomic mass is 32.1. The highest BCUT2D eigenvalue weighted by Gasteiger charge is 2.42. The number of benzene rings is 1. The van der Waals surface area contributed by atoms with Crippen LogP contribution in [0.4, 0.5) is 5.13 Å². The molecular weight excluding hydrogens is 310 g/mol. The molecule has 1 aliphatic rings. The summed E-state index contributed by atoms with van der Waals surface area (Å²) in [6.45, 7) is 5.70. The number of esters is 1. The van der Waals surface area contributed by atoms with Crippen LogP contribution >= 0.6 is 11.3 Å². The van der Waals surface area contributed by atoms with Crippen LogP contribution in [0.5, 0.6) is 0 Å². The fourth-order valence-corrected chi connectivity index (χ4v) is 3.71. The van der Waals surface area contributed by atoms with Crippen LogP contribution in [0, 0.1) is 5.41 Å². The zero-order valence-corrected chi connectivity index (χ0v) is 14.3. The van der Waals surface area contributed by atoms with Gasteiger partial charge in [0.05, 0.1) is 12.0 Å². The molecule has 1 saturated heterocycles. The maximum absolute atomic E-state index is 12.1. The van der Waals surface area contributed by atoms with Gasteiger partial charge in [0.25, 0.3) is 0 Å². The Hall–Kier alpha value is -1.95. The van der Waals surface area contributed by atoms with Gasteiger partial charge < -0.3 is 9.64 Å². The third-order valence-corrected chi connectivity index (χ3v) is 5.15. The van der Waals surface area contributed by atoms with Crippen molar-refractivity contribution in [1.29, 1.82) is 0 Å². The van der Waals surface area contributed by atoms with Gasteiger partial charge in [0, 0.05) is 19.5 Å². The zero-order valence-electron chi connectivity index (χ0n) is 13.5. The molecule has 1 atom stereocenters. The van der Waals surface area contributed by atoms with Crippen LogP contribution in [0.25, 0.3) is 0 Å². The lowest BCUT2D eigenvalue weighted by molar-refractivity contribution is -0.153. The standard InChI is InChI=1S/C17H21N3O2S/c1-3-22-15(21)17(2)9-10-20(12-17)16-19-18-14(23-16)11-13-7-5-4-6-8-13/h4-8H,3,9-12H2,1-2H3. The van der Waals surface area contributed by atoms with Crippen LogP contribution in [0.1, 0.15) is 30.8 Å². The second-order valence-electron chi connectivity index (χ2n) is 6.09. The van der Waals surface area contributed by atoms with Gasteiger partial charge in [-0.15, -0.1) is 10.2 Å². The van der Waals surface area contributed by atoms with Crippen LogP contribution < -0.4 is 4.90 Å². The Morgan fingerprint density at radius 1 is 1.35 bits per heavy atom. The third kappa shape index (κ3) is 3.52. The first kappa shape index (κ1) is 15.9. The van der Waals surface area contributed by atoms with Crippen molar-refractivity contribution in [2.24, 2.45) is 5.41 Å².